The van der Waals surface area contributed by atoms with Gasteiger partial charge in [-0.2, -0.15) is 0 Å². The molecule has 1 saturated heterocycles. The fourth-order valence-electron chi connectivity index (χ4n) is 4.40. The number of hydrogen-bond acceptors (Lipinski definition) is 2. The normalized spacial score (nSPS) is 17.4. The van der Waals surface area contributed by atoms with E-state index >= 15 is 0 Å². The van der Waals surface area contributed by atoms with Crippen LogP contribution in [0.1, 0.15) is 30.4 Å². The fraction of sp³-hybridized carbons (Fsp3) is 0.333. The topological polar surface area (TPSA) is 23.5 Å². The molecule has 2 nitrogen and oxygen atoms in total. The predicted octanol–water partition coefficient (Wildman–Crippen LogP) is 4.76. The number of piperidine rings is 1. The quantitative estimate of drug-likeness (QED) is 0.721. The SMILES string of the molecule is OCCC1(c2ccc3ccccc3c2)CCN(Cc2ccccc2)CC1. The van der Waals surface area contributed by atoms with Crippen LogP contribution in [0.25, 0.3) is 10.8 Å². The minimum Gasteiger partial charge on any atom is -0.396 e. The molecule has 3 aromatic rings. The average molecular weight is 345 g/mol. The van der Waals surface area contributed by atoms with Gasteiger partial charge in [-0.1, -0.05) is 72.8 Å². The van der Waals surface area contributed by atoms with E-state index < -0.39 is 0 Å². The van der Waals surface area contributed by atoms with E-state index in [0.717, 1.165) is 38.9 Å². The first kappa shape index (κ1) is 17.3. The maximum absolute atomic E-state index is 9.75. The highest BCUT2D eigenvalue weighted by Gasteiger charge is 2.35. The van der Waals surface area contributed by atoms with Gasteiger partial charge in [0.1, 0.15) is 0 Å². The summed E-state index contributed by atoms with van der Waals surface area (Å²) in [7, 11) is 0. The monoisotopic (exact) mass is 345 g/mol. The molecule has 1 heterocycles. The molecule has 134 valence electrons. The molecule has 0 atom stereocenters. The Labute approximate surface area is 156 Å². The minimum absolute atomic E-state index is 0.103. The van der Waals surface area contributed by atoms with Gasteiger partial charge in [-0.3, -0.25) is 4.90 Å². The highest BCUT2D eigenvalue weighted by atomic mass is 16.3. The number of fused-ring (bicyclic) bond motifs is 1. The van der Waals surface area contributed by atoms with Gasteiger partial charge in [0.15, 0.2) is 0 Å². The van der Waals surface area contributed by atoms with Gasteiger partial charge in [0, 0.05) is 13.2 Å². The number of nitrogens with zero attached hydrogens (tertiary/aromatic N) is 1. The van der Waals surface area contributed by atoms with Crippen molar-refractivity contribution in [2.24, 2.45) is 0 Å². The van der Waals surface area contributed by atoms with Crippen LogP contribution in [0.5, 0.6) is 0 Å². The van der Waals surface area contributed by atoms with Gasteiger partial charge in [-0.15, -0.1) is 0 Å². The van der Waals surface area contributed by atoms with E-state index in [1.54, 1.807) is 0 Å². The Morgan fingerprint density at radius 1 is 0.808 bits per heavy atom. The van der Waals surface area contributed by atoms with Crippen LogP contribution >= 0.6 is 0 Å². The molecule has 2 heteroatoms. The van der Waals surface area contributed by atoms with Crippen molar-refractivity contribution in [3.8, 4) is 0 Å². The summed E-state index contributed by atoms with van der Waals surface area (Å²) in [6, 6.07) is 26.1. The van der Waals surface area contributed by atoms with Crippen molar-refractivity contribution in [1.82, 2.24) is 4.90 Å². The van der Waals surface area contributed by atoms with E-state index in [4.69, 9.17) is 0 Å². The molecular weight excluding hydrogens is 318 g/mol. The summed E-state index contributed by atoms with van der Waals surface area (Å²) >= 11 is 0. The highest BCUT2D eigenvalue weighted by Crippen LogP contribution is 2.40. The first-order valence-electron chi connectivity index (χ1n) is 9.66. The van der Waals surface area contributed by atoms with Crippen LogP contribution in [0, 0.1) is 0 Å². The molecule has 0 radical (unpaired) electrons. The molecule has 0 unspecified atom stereocenters. The smallest absolute Gasteiger partial charge is 0.0439 e. The molecule has 0 saturated carbocycles. The Morgan fingerprint density at radius 3 is 2.23 bits per heavy atom. The minimum atomic E-state index is 0.103. The second-order valence-corrected chi connectivity index (χ2v) is 7.58. The van der Waals surface area contributed by atoms with Gasteiger partial charge in [0.25, 0.3) is 0 Å². The lowest BCUT2D eigenvalue weighted by Crippen LogP contribution is -2.42. The molecule has 0 bridgehead atoms. The first-order valence-corrected chi connectivity index (χ1v) is 9.66. The Balaban J connectivity index is 1.54. The van der Waals surface area contributed by atoms with Crippen molar-refractivity contribution in [1.29, 1.82) is 0 Å². The Kier molecular flexibility index (Phi) is 5.05. The third-order valence-corrected chi connectivity index (χ3v) is 6.01. The van der Waals surface area contributed by atoms with Crippen LogP contribution in [0.4, 0.5) is 0 Å². The predicted molar refractivity (Wildman–Crippen MR) is 108 cm³/mol. The molecule has 1 aliphatic rings. The van der Waals surface area contributed by atoms with Gasteiger partial charge in [-0.05, 0) is 59.7 Å². The van der Waals surface area contributed by atoms with Crippen LogP contribution in [0.15, 0.2) is 72.8 Å². The highest BCUT2D eigenvalue weighted by molar-refractivity contribution is 5.83. The number of hydrogen-bond donors (Lipinski definition) is 1. The molecule has 0 amide bonds. The number of aliphatic hydroxyl groups excluding tert-OH is 1. The Morgan fingerprint density at radius 2 is 1.50 bits per heavy atom. The van der Waals surface area contributed by atoms with Gasteiger partial charge in [0.05, 0.1) is 0 Å². The molecule has 26 heavy (non-hydrogen) atoms. The van der Waals surface area contributed by atoms with Crippen molar-refractivity contribution in [2.45, 2.75) is 31.2 Å². The summed E-state index contributed by atoms with van der Waals surface area (Å²) in [6.45, 7) is 3.45. The van der Waals surface area contributed by atoms with E-state index in [1.807, 2.05) is 0 Å². The van der Waals surface area contributed by atoms with Crippen LogP contribution in [-0.2, 0) is 12.0 Å². The lowest BCUT2D eigenvalue weighted by molar-refractivity contribution is 0.126. The maximum atomic E-state index is 9.75. The third kappa shape index (κ3) is 3.53. The van der Waals surface area contributed by atoms with Crippen molar-refractivity contribution in [2.75, 3.05) is 19.7 Å². The van der Waals surface area contributed by atoms with Crippen LogP contribution in [0.3, 0.4) is 0 Å². The van der Waals surface area contributed by atoms with Crippen molar-refractivity contribution < 1.29 is 5.11 Å². The van der Waals surface area contributed by atoms with Gasteiger partial charge < -0.3 is 5.11 Å². The number of rotatable bonds is 5. The molecule has 4 rings (SSSR count). The van der Waals surface area contributed by atoms with Crippen LogP contribution in [0.2, 0.25) is 0 Å². The first-order chi connectivity index (χ1) is 12.8. The molecule has 1 fully saturated rings. The molecule has 1 aliphatic heterocycles. The van der Waals surface area contributed by atoms with E-state index in [0.29, 0.717) is 0 Å². The largest absolute Gasteiger partial charge is 0.396 e. The van der Waals surface area contributed by atoms with Crippen LogP contribution < -0.4 is 0 Å². The third-order valence-electron chi connectivity index (χ3n) is 6.01. The lowest BCUT2D eigenvalue weighted by Gasteiger charge is -2.42. The van der Waals surface area contributed by atoms with Gasteiger partial charge in [-0.25, -0.2) is 0 Å². The fourth-order valence-corrected chi connectivity index (χ4v) is 4.40. The van der Waals surface area contributed by atoms with E-state index in [2.05, 4.69) is 77.7 Å². The van der Waals surface area contributed by atoms with E-state index in [-0.39, 0.29) is 12.0 Å². The molecule has 0 spiro atoms. The summed E-state index contributed by atoms with van der Waals surface area (Å²) in [5.74, 6) is 0. The summed E-state index contributed by atoms with van der Waals surface area (Å²) in [5.41, 5.74) is 2.88. The number of benzene rings is 3. The second kappa shape index (κ2) is 7.61. The molecule has 1 N–H and O–H groups in total. The van der Waals surface area contributed by atoms with Crippen molar-refractivity contribution in [3.63, 3.8) is 0 Å². The number of aliphatic hydroxyl groups is 1. The zero-order chi connectivity index (χ0) is 17.8. The molecule has 0 aliphatic carbocycles. The van der Waals surface area contributed by atoms with Crippen LogP contribution in [-0.4, -0.2) is 29.7 Å². The Hall–Kier alpha value is -2.16. The van der Waals surface area contributed by atoms with Gasteiger partial charge in [0.2, 0.25) is 0 Å². The second-order valence-electron chi connectivity index (χ2n) is 7.58. The summed E-state index contributed by atoms with van der Waals surface area (Å²) < 4.78 is 0. The van der Waals surface area contributed by atoms with E-state index in [1.165, 1.54) is 21.9 Å². The van der Waals surface area contributed by atoms with Gasteiger partial charge >= 0.3 is 0 Å². The summed E-state index contributed by atoms with van der Waals surface area (Å²) in [6.07, 6.45) is 3.07. The Bertz CT molecular complexity index is 850. The standard InChI is InChI=1S/C24H27NO/c26-17-14-24(23-11-10-21-8-4-5-9-22(21)18-23)12-15-25(16-13-24)19-20-6-2-1-3-7-20/h1-11,18,26H,12-17,19H2. The summed E-state index contributed by atoms with van der Waals surface area (Å²) in [4.78, 5) is 2.55. The lowest BCUT2D eigenvalue weighted by atomic mass is 9.70. The molecular formula is C24H27NO. The van der Waals surface area contributed by atoms with Crippen molar-refractivity contribution >= 4 is 10.8 Å². The zero-order valence-electron chi connectivity index (χ0n) is 15.3. The maximum Gasteiger partial charge on any atom is 0.0439 e. The average Bonchev–Trinajstić information content (AvgIpc) is 2.70. The molecule has 0 aromatic heterocycles. The zero-order valence-corrected chi connectivity index (χ0v) is 15.3. The summed E-state index contributed by atoms with van der Waals surface area (Å²) in [5, 5.41) is 12.3. The number of likely N-dealkylation sites (tertiary alicyclic amines) is 1. The van der Waals surface area contributed by atoms with E-state index in [9.17, 15) is 5.11 Å². The molecule has 3 aromatic carbocycles. The van der Waals surface area contributed by atoms with Crippen molar-refractivity contribution in [3.05, 3.63) is 83.9 Å².